The summed E-state index contributed by atoms with van der Waals surface area (Å²) in [6.07, 6.45) is 1.49. The molecule has 1 heterocycles. The zero-order valence-corrected chi connectivity index (χ0v) is 11.5. The van der Waals surface area contributed by atoms with E-state index in [1.807, 2.05) is 31.2 Å². The third kappa shape index (κ3) is 3.26. The number of nitrogens with one attached hydrogen (secondary N) is 1. The minimum Gasteiger partial charge on any atom is -0.497 e. The number of amides is 1. The van der Waals surface area contributed by atoms with E-state index in [0.29, 0.717) is 17.8 Å². The van der Waals surface area contributed by atoms with E-state index in [0.717, 1.165) is 17.0 Å². The maximum atomic E-state index is 12.0. The first-order valence-corrected chi connectivity index (χ1v) is 6.23. The van der Waals surface area contributed by atoms with E-state index in [1.54, 1.807) is 13.2 Å². The van der Waals surface area contributed by atoms with Gasteiger partial charge in [0.15, 0.2) is 0 Å². The first-order chi connectivity index (χ1) is 9.60. The summed E-state index contributed by atoms with van der Waals surface area (Å²) in [5.74, 6) is 0.554. The van der Waals surface area contributed by atoms with E-state index in [-0.39, 0.29) is 5.91 Å². The number of nitrogens with two attached hydrogens (primary N) is 1. The highest BCUT2D eigenvalue weighted by atomic mass is 16.5. The van der Waals surface area contributed by atoms with Gasteiger partial charge >= 0.3 is 0 Å². The van der Waals surface area contributed by atoms with Gasteiger partial charge in [-0.1, -0.05) is 12.1 Å². The van der Waals surface area contributed by atoms with Gasteiger partial charge in [-0.2, -0.15) is 0 Å². The van der Waals surface area contributed by atoms with Gasteiger partial charge in [0.2, 0.25) is 0 Å². The summed E-state index contributed by atoms with van der Waals surface area (Å²) in [5.41, 5.74) is 8.41. The molecule has 20 heavy (non-hydrogen) atoms. The maximum absolute atomic E-state index is 12.0. The Morgan fingerprint density at radius 1 is 1.35 bits per heavy atom. The van der Waals surface area contributed by atoms with Crippen LogP contribution in [0.1, 0.15) is 21.6 Å². The number of carbonyl (C=O) groups excluding carboxylic acids is 1. The average Bonchev–Trinajstić information content (AvgIpc) is 2.45. The number of hydrogen-bond acceptors (Lipinski definition) is 4. The van der Waals surface area contributed by atoms with Gasteiger partial charge in [0.25, 0.3) is 5.91 Å². The highest BCUT2D eigenvalue weighted by molar-refractivity contribution is 5.98. The van der Waals surface area contributed by atoms with Gasteiger partial charge in [-0.15, -0.1) is 0 Å². The van der Waals surface area contributed by atoms with Crippen LogP contribution in [-0.4, -0.2) is 18.0 Å². The summed E-state index contributed by atoms with van der Waals surface area (Å²) in [6, 6.07) is 9.18. The van der Waals surface area contributed by atoms with E-state index in [2.05, 4.69) is 10.3 Å². The van der Waals surface area contributed by atoms with Crippen LogP contribution in [0, 0.1) is 6.92 Å². The molecule has 3 N–H and O–H groups in total. The lowest BCUT2D eigenvalue weighted by molar-refractivity contribution is 0.0951. The van der Waals surface area contributed by atoms with Crippen molar-refractivity contribution in [1.29, 1.82) is 0 Å². The number of hydrogen-bond donors (Lipinski definition) is 2. The van der Waals surface area contributed by atoms with E-state index >= 15 is 0 Å². The highest BCUT2D eigenvalue weighted by Gasteiger charge is 2.10. The van der Waals surface area contributed by atoms with Crippen LogP contribution in [0.5, 0.6) is 5.75 Å². The Bertz CT molecular complexity index is 609. The number of aryl methyl sites for hydroxylation is 1. The number of aromatic nitrogens is 1. The number of carbonyl (C=O) groups is 1. The van der Waals surface area contributed by atoms with Crippen molar-refractivity contribution >= 4 is 11.6 Å². The second-order valence-electron chi connectivity index (χ2n) is 4.44. The van der Waals surface area contributed by atoms with Crippen molar-refractivity contribution in [3.05, 3.63) is 53.3 Å². The zero-order chi connectivity index (χ0) is 14.5. The van der Waals surface area contributed by atoms with Crippen LogP contribution in [0.2, 0.25) is 0 Å². The molecule has 0 fully saturated rings. The van der Waals surface area contributed by atoms with Crippen LogP contribution in [0.3, 0.4) is 0 Å². The minimum absolute atomic E-state index is 0.231. The smallest absolute Gasteiger partial charge is 0.255 e. The third-order valence-corrected chi connectivity index (χ3v) is 2.93. The fraction of sp³-hybridized carbons (Fsp3) is 0.200. The lowest BCUT2D eigenvalue weighted by Gasteiger charge is -2.08. The molecule has 0 aliphatic rings. The minimum atomic E-state index is -0.231. The molecule has 0 bridgehead atoms. The van der Waals surface area contributed by atoms with Crippen molar-refractivity contribution in [1.82, 2.24) is 10.3 Å². The number of rotatable bonds is 4. The van der Waals surface area contributed by atoms with E-state index in [9.17, 15) is 4.79 Å². The van der Waals surface area contributed by atoms with Crippen LogP contribution < -0.4 is 15.8 Å². The molecule has 5 heteroatoms. The Hall–Kier alpha value is -2.56. The number of anilines is 1. The molecule has 0 unspecified atom stereocenters. The number of pyridine rings is 1. The Morgan fingerprint density at radius 2 is 2.05 bits per heavy atom. The molecule has 2 rings (SSSR count). The predicted octanol–water partition coefficient (Wildman–Crippen LogP) is 1.91. The molecule has 1 aromatic carbocycles. The molecule has 0 aliphatic heterocycles. The summed E-state index contributed by atoms with van der Waals surface area (Å²) < 4.78 is 5.08. The van der Waals surface area contributed by atoms with Gasteiger partial charge in [0.1, 0.15) is 5.75 Å². The zero-order valence-electron chi connectivity index (χ0n) is 11.5. The molecule has 0 atom stereocenters. The first kappa shape index (κ1) is 13.9. The standard InChI is InChI=1S/C15H17N3O2/c1-10-7-14(16)13(9-17-10)15(19)18-8-11-3-5-12(20-2)6-4-11/h3-7,9H,8H2,1-2H3,(H2,16,17)(H,18,19). The monoisotopic (exact) mass is 271 g/mol. The van der Waals surface area contributed by atoms with Crippen molar-refractivity contribution in [3.8, 4) is 5.75 Å². The number of methoxy groups -OCH3 is 1. The SMILES string of the molecule is COc1ccc(CNC(=O)c2cnc(C)cc2N)cc1. The van der Waals surface area contributed by atoms with Gasteiger partial charge < -0.3 is 15.8 Å². The van der Waals surface area contributed by atoms with Crippen LogP contribution in [0.4, 0.5) is 5.69 Å². The molecule has 1 aromatic heterocycles. The van der Waals surface area contributed by atoms with Crippen molar-refractivity contribution in [2.75, 3.05) is 12.8 Å². The second-order valence-corrected chi connectivity index (χ2v) is 4.44. The Labute approximate surface area is 117 Å². The highest BCUT2D eigenvalue weighted by Crippen LogP contribution is 2.13. The molecule has 104 valence electrons. The van der Waals surface area contributed by atoms with E-state index in [4.69, 9.17) is 10.5 Å². The number of ether oxygens (including phenoxy) is 1. The molecule has 1 amide bonds. The fourth-order valence-corrected chi connectivity index (χ4v) is 1.79. The fourth-order valence-electron chi connectivity index (χ4n) is 1.79. The van der Waals surface area contributed by atoms with Crippen LogP contribution in [0.25, 0.3) is 0 Å². The van der Waals surface area contributed by atoms with E-state index < -0.39 is 0 Å². The second kappa shape index (κ2) is 6.06. The number of benzene rings is 1. The quantitative estimate of drug-likeness (QED) is 0.890. The lowest BCUT2D eigenvalue weighted by Crippen LogP contribution is -2.24. The van der Waals surface area contributed by atoms with Gasteiger partial charge in [-0.3, -0.25) is 9.78 Å². The molecular formula is C15H17N3O2. The molecular weight excluding hydrogens is 254 g/mol. The molecule has 0 radical (unpaired) electrons. The molecule has 2 aromatic rings. The van der Waals surface area contributed by atoms with Crippen LogP contribution in [-0.2, 0) is 6.54 Å². The first-order valence-electron chi connectivity index (χ1n) is 6.23. The third-order valence-electron chi connectivity index (χ3n) is 2.93. The van der Waals surface area contributed by atoms with Gasteiger partial charge in [0, 0.05) is 24.1 Å². The molecule has 0 aliphatic carbocycles. The van der Waals surface area contributed by atoms with Crippen LogP contribution >= 0.6 is 0 Å². The summed E-state index contributed by atoms with van der Waals surface area (Å²) in [6.45, 7) is 2.26. The number of nitrogens with zero attached hydrogens (tertiary/aromatic N) is 1. The number of nitrogen functional groups attached to an aromatic ring is 1. The Kier molecular flexibility index (Phi) is 4.20. The molecule has 5 nitrogen and oxygen atoms in total. The van der Waals surface area contributed by atoms with Gasteiger partial charge in [-0.25, -0.2) is 0 Å². The summed E-state index contributed by atoms with van der Waals surface area (Å²) in [5, 5.41) is 2.81. The molecule has 0 saturated heterocycles. The lowest BCUT2D eigenvalue weighted by atomic mass is 10.2. The average molecular weight is 271 g/mol. The largest absolute Gasteiger partial charge is 0.497 e. The van der Waals surface area contributed by atoms with Crippen LogP contribution in [0.15, 0.2) is 36.5 Å². The summed E-state index contributed by atoms with van der Waals surface area (Å²) in [4.78, 5) is 16.1. The van der Waals surface area contributed by atoms with Crippen molar-refractivity contribution in [2.24, 2.45) is 0 Å². The maximum Gasteiger partial charge on any atom is 0.255 e. The normalized spacial score (nSPS) is 10.1. The van der Waals surface area contributed by atoms with Gasteiger partial charge in [0.05, 0.1) is 12.7 Å². The van der Waals surface area contributed by atoms with Crippen molar-refractivity contribution in [3.63, 3.8) is 0 Å². The predicted molar refractivity (Wildman–Crippen MR) is 77.6 cm³/mol. The summed E-state index contributed by atoms with van der Waals surface area (Å²) in [7, 11) is 1.62. The molecule has 0 spiro atoms. The van der Waals surface area contributed by atoms with Gasteiger partial charge in [-0.05, 0) is 30.7 Å². The Balaban J connectivity index is 2.00. The summed E-state index contributed by atoms with van der Waals surface area (Å²) >= 11 is 0. The molecule has 0 saturated carbocycles. The van der Waals surface area contributed by atoms with Crippen molar-refractivity contribution < 1.29 is 9.53 Å². The van der Waals surface area contributed by atoms with Crippen molar-refractivity contribution in [2.45, 2.75) is 13.5 Å². The van der Waals surface area contributed by atoms with E-state index in [1.165, 1.54) is 6.20 Å². The Morgan fingerprint density at radius 3 is 2.65 bits per heavy atom. The topological polar surface area (TPSA) is 77.2 Å².